The molecule has 0 atom stereocenters. The number of esters is 2. The highest BCUT2D eigenvalue weighted by Crippen LogP contribution is 2.26. The van der Waals surface area contributed by atoms with Crippen molar-refractivity contribution in [2.45, 2.75) is 13.8 Å². The molecule has 0 aliphatic rings. The Morgan fingerprint density at radius 1 is 0.860 bits per heavy atom. The summed E-state index contributed by atoms with van der Waals surface area (Å²) in [5, 5.41) is 7.99. The maximum Gasteiger partial charge on any atom is 0.340 e. The fourth-order valence-electron chi connectivity index (χ4n) is 2.76. The number of rotatable bonds is 10. The van der Waals surface area contributed by atoms with Crippen molar-refractivity contribution in [2.24, 2.45) is 10.2 Å². The third kappa shape index (κ3) is 12.3. The van der Waals surface area contributed by atoms with Crippen LogP contribution >= 0.6 is 22.7 Å². The number of aldehydes is 1. The summed E-state index contributed by atoms with van der Waals surface area (Å²) in [6.45, 7) is 3.68. The SMILES string of the molecule is CCOC(=O)/C(=C/c1cnc(-c2ccncc2)s1)N=[N+]=[N-].CCOC(=O)CN=[N+]=[N-].O=Cc1cnc(-c2ccncc2)s1. The molecule has 0 saturated carbocycles. The second kappa shape index (κ2) is 19.6. The zero-order valence-electron chi connectivity index (χ0n) is 22.9. The zero-order chi connectivity index (χ0) is 31.3. The molecule has 17 heteroatoms. The quantitative estimate of drug-likeness (QED) is 0.0484. The van der Waals surface area contributed by atoms with Crippen LogP contribution in [0.15, 0.2) is 77.4 Å². The van der Waals surface area contributed by atoms with Crippen molar-refractivity contribution < 1.29 is 23.9 Å². The average molecular weight is 621 g/mol. The Labute approximate surface area is 253 Å². The van der Waals surface area contributed by atoms with Crippen LogP contribution in [0.5, 0.6) is 0 Å². The molecular formula is C26H24N10O5S2. The molecule has 4 heterocycles. The Balaban J connectivity index is 0.000000250. The van der Waals surface area contributed by atoms with Gasteiger partial charge in [0.05, 0.1) is 18.1 Å². The Hall–Kier alpha value is -5.47. The first-order valence-electron chi connectivity index (χ1n) is 12.2. The van der Waals surface area contributed by atoms with Crippen LogP contribution in [0.25, 0.3) is 48.1 Å². The molecule has 0 fully saturated rings. The van der Waals surface area contributed by atoms with Crippen molar-refractivity contribution in [3.05, 3.63) is 97.8 Å². The third-order valence-corrected chi connectivity index (χ3v) is 6.47. The smallest absolute Gasteiger partial charge is 0.340 e. The molecule has 43 heavy (non-hydrogen) atoms. The van der Waals surface area contributed by atoms with Crippen LogP contribution in [0.3, 0.4) is 0 Å². The fraction of sp³-hybridized carbons (Fsp3) is 0.192. The van der Waals surface area contributed by atoms with Crippen molar-refractivity contribution in [3.63, 3.8) is 0 Å². The van der Waals surface area contributed by atoms with E-state index in [4.69, 9.17) is 15.8 Å². The molecule has 4 aromatic rings. The summed E-state index contributed by atoms with van der Waals surface area (Å²) in [6, 6.07) is 7.42. The lowest BCUT2D eigenvalue weighted by Gasteiger charge is -1.99. The van der Waals surface area contributed by atoms with Gasteiger partial charge in [-0.2, -0.15) is 0 Å². The standard InChI is InChI=1S/C13H11N5O2S.C9H6N2OS.C4H7N3O2/c1-2-20-13(19)11(17-18-14)7-10-8-16-12(21-10)9-3-5-15-6-4-9;12-6-8-5-11-9(13-8)7-1-3-10-4-2-7;1-2-9-4(8)3-6-7-5/h3-8H,2H2,1H3;1-6H;2-3H2,1H3/b11-7-;;. The molecule has 0 aromatic carbocycles. The molecule has 0 aliphatic carbocycles. The predicted octanol–water partition coefficient (Wildman–Crippen LogP) is 6.30. The van der Waals surface area contributed by atoms with Gasteiger partial charge in [0.1, 0.15) is 22.3 Å². The molecule has 220 valence electrons. The fourth-order valence-corrected chi connectivity index (χ4v) is 4.36. The molecule has 4 rings (SSSR count). The van der Waals surface area contributed by atoms with Crippen LogP contribution in [0.4, 0.5) is 0 Å². The van der Waals surface area contributed by atoms with Gasteiger partial charge in [0, 0.05) is 63.0 Å². The van der Waals surface area contributed by atoms with Crippen molar-refractivity contribution in [2.75, 3.05) is 19.8 Å². The van der Waals surface area contributed by atoms with Gasteiger partial charge >= 0.3 is 11.9 Å². The minimum atomic E-state index is -0.658. The highest BCUT2D eigenvalue weighted by Gasteiger charge is 2.10. The Bertz CT molecular complexity index is 1600. The number of ether oxygens (including phenoxy) is 2. The second-order valence-electron chi connectivity index (χ2n) is 7.36. The van der Waals surface area contributed by atoms with E-state index < -0.39 is 11.9 Å². The summed E-state index contributed by atoms with van der Waals surface area (Å²) in [7, 11) is 0. The molecule has 15 nitrogen and oxygen atoms in total. The van der Waals surface area contributed by atoms with Crippen LogP contribution in [0, 0.1) is 0 Å². The number of pyridine rings is 2. The van der Waals surface area contributed by atoms with E-state index in [0.29, 0.717) is 16.4 Å². The van der Waals surface area contributed by atoms with Gasteiger partial charge in [0.25, 0.3) is 0 Å². The first kappa shape index (κ1) is 33.7. The molecule has 0 amide bonds. The average Bonchev–Trinajstić information content (AvgIpc) is 3.72. The molecule has 0 spiro atoms. The normalized spacial score (nSPS) is 9.86. The van der Waals surface area contributed by atoms with E-state index in [1.807, 2.05) is 24.3 Å². The molecule has 4 aromatic heterocycles. The summed E-state index contributed by atoms with van der Waals surface area (Å²) in [5.74, 6) is -1.15. The molecule has 0 radical (unpaired) electrons. The van der Waals surface area contributed by atoms with Crippen LogP contribution in [0.1, 0.15) is 28.4 Å². The molecule has 0 saturated heterocycles. The van der Waals surface area contributed by atoms with Crippen LogP contribution in [-0.4, -0.2) is 57.9 Å². The van der Waals surface area contributed by atoms with Gasteiger partial charge in [-0.05, 0) is 55.3 Å². The van der Waals surface area contributed by atoms with E-state index in [1.54, 1.807) is 51.0 Å². The summed E-state index contributed by atoms with van der Waals surface area (Å²) >= 11 is 2.75. The maximum absolute atomic E-state index is 11.6. The monoisotopic (exact) mass is 620 g/mol. The first-order chi connectivity index (χ1) is 20.9. The van der Waals surface area contributed by atoms with Crippen molar-refractivity contribution in [1.29, 1.82) is 0 Å². The summed E-state index contributed by atoms with van der Waals surface area (Å²) in [4.78, 5) is 54.9. The summed E-state index contributed by atoms with van der Waals surface area (Å²) in [6.07, 6.45) is 12.2. The Kier molecular flexibility index (Phi) is 15.4. The van der Waals surface area contributed by atoms with Gasteiger partial charge in [0.2, 0.25) is 0 Å². The number of azide groups is 2. The highest BCUT2D eigenvalue weighted by atomic mass is 32.1. The number of nitrogens with zero attached hydrogens (tertiary/aromatic N) is 10. The van der Waals surface area contributed by atoms with E-state index in [-0.39, 0.29) is 18.8 Å². The Morgan fingerprint density at radius 2 is 1.40 bits per heavy atom. The van der Waals surface area contributed by atoms with Gasteiger partial charge in [-0.3, -0.25) is 19.6 Å². The van der Waals surface area contributed by atoms with Crippen LogP contribution < -0.4 is 0 Å². The molecule has 0 aliphatic heterocycles. The number of hydrogen-bond acceptors (Lipinski definition) is 13. The van der Waals surface area contributed by atoms with E-state index in [0.717, 1.165) is 27.4 Å². The third-order valence-electron chi connectivity index (χ3n) is 4.50. The number of hydrogen-bond donors (Lipinski definition) is 0. The van der Waals surface area contributed by atoms with Gasteiger partial charge in [-0.15, -0.1) is 22.7 Å². The topological polar surface area (TPSA) is 219 Å². The van der Waals surface area contributed by atoms with E-state index in [2.05, 4.69) is 44.7 Å². The number of carbonyl (C=O) groups excluding carboxylic acids is 3. The first-order valence-corrected chi connectivity index (χ1v) is 13.9. The van der Waals surface area contributed by atoms with Gasteiger partial charge < -0.3 is 9.47 Å². The number of carbonyl (C=O) groups is 3. The minimum absolute atomic E-state index is 0.0933. The number of thiazole rings is 2. The number of aromatic nitrogens is 4. The minimum Gasteiger partial charge on any atom is -0.466 e. The molecule has 0 bridgehead atoms. The molecular weight excluding hydrogens is 596 g/mol. The molecule has 0 N–H and O–H groups in total. The largest absolute Gasteiger partial charge is 0.466 e. The van der Waals surface area contributed by atoms with Crippen LogP contribution in [-0.2, 0) is 19.1 Å². The van der Waals surface area contributed by atoms with Gasteiger partial charge in [-0.25, -0.2) is 14.8 Å². The summed E-state index contributed by atoms with van der Waals surface area (Å²) < 4.78 is 9.26. The maximum atomic E-state index is 11.6. The zero-order valence-corrected chi connectivity index (χ0v) is 24.5. The van der Waals surface area contributed by atoms with Gasteiger partial charge in [-0.1, -0.05) is 10.2 Å². The van der Waals surface area contributed by atoms with Crippen molar-refractivity contribution in [1.82, 2.24) is 19.9 Å². The van der Waals surface area contributed by atoms with Crippen molar-refractivity contribution in [3.8, 4) is 21.1 Å². The van der Waals surface area contributed by atoms with Crippen molar-refractivity contribution >= 4 is 47.0 Å². The van der Waals surface area contributed by atoms with E-state index >= 15 is 0 Å². The highest BCUT2D eigenvalue weighted by molar-refractivity contribution is 7.16. The Morgan fingerprint density at radius 3 is 1.86 bits per heavy atom. The van der Waals surface area contributed by atoms with Gasteiger partial charge in [0.15, 0.2) is 6.29 Å². The second-order valence-corrected chi connectivity index (χ2v) is 9.48. The van der Waals surface area contributed by atoms with E-state index in [1.165, 1.54) is 28.7 Å². The van der Waals surface area contributed by atoms with E-state index in [9.17, 15) is 14.4 Å². The van der Waals surface area contributed by atoms with Crippen LogP contribution in [0.2, 0.25) is 0 Å². The molecule has 0 unspecified atom stereocenters. The lowest BCUT2D eigenvalue weighted by atomic mass is 10.3. The lowest BCUT2D eigenvalue weighted by molar-refractivity contribution is -0.141. The lowest BCUT2D eigenvalue weighted by Crippen LogP contribution is -2.06. The summed E-state index contributed by atoms with van der Waals surface area (Å²) in [5.41, 5.74) is 18.1. The predicted molar refractivity (Wildman–Crippen MR) is 160 cm³/mol.